The van der Waals surface area contributed by atoms with Gasteiger partial charge in [-0.2, -0.15) is 0 Å². The number of benzene rings is 2. The van der Waals surface area contributed by atoms with Crippen LogP contribution >= 0.6 is 11.8 Å². The maximum absolute atomic E-state index is 12.3. The standard InChI is InChI=1S/C19H15N3OS/c1-12(18-21-16-9-5-3-7-14(16)19(23)22-18)24-17-10-11-20-15-8-4-2-6-13(15)17/h2-12H,1H3,(H,21,22,23). The summed E-state index contributed by atoms with van der Waals surface area (Å²) in [7, 11) is 0. The van der Waals surface area contributed by atoms with Crippen LogP contribution in [-0.4, -0.2) is 15.0 Å². The SMILES string of the molecule is CC(Sc1ccnc2ccccc12)c1nc2ccccc2c(=O)[nH]1. The summed E-state index contributed by atoms with van der Waals surface area (Å²) in [5.41, 5.74) is 1.60. The van der Waals surface area contributed by atoms with Crippen LogP contribution in [0.3, 0.4) is 0 Å². The number of hydrogen-bond donors (Lipinski definition) is 1. The van der Waals surface area contributed by atoms with E-state index >= 15 is 0 Å². The zero-order chi connectivity index (χ0) is 16.5. The summed E-state index contributed by atoms with van der Waals surface area (Å²) < 4.78 is 0. The maximum Gasteiger partial charge on any atom is 0.258 e. The van der Waals surface area contributed by atoms with E-state index in [0.29, 0.717) is 11.2 Å². The van der Waals surface area contributed by atoms with E-state index in [1.165, 1.54) is 0 Å². The molecule has 0 amide bonds. The molecule has 0 aliphatic rings. The van der Waals surface area contributed by atoms with Crippen LogP contribution in [0, 0.1) is 0 Å². The monoisotopic (exact) mass is 333 g/mol. The molecule has 0 aliphatic heterocycles. The number of nitrogens with one attached hydrogen (secondary N) is 1. The van der Waals surface area contributed by atoms with Crippen LogP contribution in [0.5, 0.6) is 0 Å². The summed E-state index contributed by atoms with van der Waals surface area (Å²) in [5.74, 6) is 0.685. The van der Waals surface area contributed by atoms with Gasteiger partial charge in [0.1, 0.15) is 5.82 Å². The van der Waals surface area contributed by atoms with Crippen molar-refractivity contribution in [1.29, 1.82) is 0 Å². The quantitative estimate of drug-likeness (QED) is 0.567. The van der Waals surface area contributed by atoms with Gasteiger partial charge in [0, 0.05) is 16.5 Å². The normalized spacial score (nSPS) is 12.5. The summed E-state index contributed by atoms with van der Waals surface area (Å²) >= 11 is 1.67. The van der Waals surface area contributed by atoms with Gasteiger partial charge in [-0.15, -0.1) is 11.8 Å². The van der Waals surface area contributed by atoms with Crippen LogP contribution in [0.25, 0.3) is 21.8 Å². The van der Waals surface area contributed by atoms with Crippen molar-refractivity contribution >= 4 is 33.6 Å². The van der Waals surface area contributed by atoms with Crippen molar-refractivity contribution in [1.82, 2.24) is 15.0 Å². The first kappa shape index (κ1) is 14.9. The molecule has 0 aliphatic carbocycles. The fraction of sp³-hybridized carbons (Fsp3) is 0.105. The Morgan fingerprint density at radius 1 is 0.958 bits per heavy atom. The minimum absolute atomic E-state index is 0.0214. The van der Waals surface area contributed by atoms with E-state index in [1.807, 2.05) is 55.6 Å². The predicted molar refractivity (Wildman–Crippen MR) is 98.4 cm³/mol. The van der Waals surface area contributed by atoms with Crippen molar-refractivity contribution in [3.8, 4) is 0 Å². The van der Waals surface area contributed by atoms with Crippen LogP contribution in [-0.2, 0) is 0 Å². The number of rotatable bonds is 3. The molecule has 0 bridgehead atoms. The number of aromatic amines is 1. The van der Waals surface area contributed by atoms with Crippen molar-refractivity contribution in [2.24, 2.45) is 0 Å². The molecular formula is C19H15N3OS. The molecule has 0 saturated carbocycles. The lowest BCUT2D eigenvalue weighted by molar-refractivity contribution is 0.923. The lowest BCUT2D eigenvalue weighted by atomic mass is 10.2. The molecule has 2 heterocycles. The predicted octanol–water partition coefficient (Wildman–Crippen LogP) is 4.32. The highest BCUT2D eigenvalue weighted by atomic mass is 32.2. The van der Waals surface area contributed by atoms with Gasteiger partial charge in [-0.25, -0.2) is 4.98 Å². The molecule has 4 rings (SSSR count). The van der Waals surface area contributed by atoms with Crippen molar-refractivity contribution in [2.45, 2.75) is 17.1 Å². The Morgan fingerprint density at radius 2 is 1.67 bits per heavy atom. The van der Waals surface area contributed by atoms with Crippen molar-refractivity contribution in [3.05, 3.63) is 77.0 Å². The number of hydrogen-bond acceptors (Lipinski definition) is 4. The molecule has 0 saturated heterocycles. The smallest absolute Gasteiger partial charge is 0.258 e. The zero-order valence-electron chi connectivity index (χ0n) is 13.1. The van der Waals surface area contributed by atoms with Crippen molar-refractivity contribution < 1.29 is 0 Å². The van der Waals surface area contributed by atoms with E-state index in [9.17, 15) is 4.79 Å². The molecule has 2 aromatic heterocycles. The lowest BCUT2D eigenvalue weighted by Crippen LogP contribution is -2.12. The Balaban J connectivity index is 1.74. The number of H-pyrrole nitrogens is 1. The average molecular weight is 333 g/mol. The molecule has 1 N–H and O–H groups in total. The second-order valence-electron chi connectivity index (χ2n) is 5.55. The summed E-state index contributed by atoms with van der Waals surface area (Å²) in [6.07, 6.45) is 1.81. The topological polar surface area (TPSA) is 58.6 Å². The number of pyridine rings is 1. The third kappa shape index (κ3) is 2.67. The van der Waals surface area contributed by atoms with Gasteiger partial charge < -0.3 is 4.98 Å². The lowest BCUT2D eigenvalue weighted by Gasteiger charge is -2.12. The number of aromatic nitrogens is 3. The van der Waals surface area contributed by atoms with E-state index in [0.717, 1.165) is 21.3 Å². The first-order valence-electron chi connectivity index (χ1n) is 7.72. The number of fused-ring (bicyclic) bond motifs is 2. The Hall–Kier alpha value is -2.66. The summed E-state index contributed by atoms with van der Waals surface area (Å²) in [6, 6.07) is 17.5. The molecule has 0 spiro atoms. The van der Waals surface area contributed by atoms with E-state index in [2.05, 4.69) is 21.0 Å². The maximum atomic E-state index is 12.3. The van der Waals surface area contributed by atoms with Gasteiger partial charge in [0.15, 0.2) is 0 Å². The summed E-state index contributed by atoms with van der Waals surface area (Å²) in [5, 5.41) is 1.75. The van der Waals surface area contributed by atoms with Crippen molar-refractivity contribution in [2.75, 3.05) is 0 Å². The van der Waals surface area contributed by atoms with Crippen LogP contribution in [0.1, 0.15) is 18.0 Å². The fourth-order valence-corrected chi connectivity index (χ4v) is 3.76. The highest BCUT2D eigenvalue weighted by Crippen LogP contribution is 2.36. The molecule has 4 nitrogen and oxygen atoms in total. The third-order valence-corrected chi connectivity index (χ3v) is 5.12. The second-order valence-corrected chi connectivity index (χ2v) is 6.94. The highest BCUT2D eigenvalue weighted by molar-refractivity contribution is 7.99. The molecule has 1 atom stereocenters. The van der Waals surface area contributed by atoms with Crippen LogP contribution in [0.4, 0.5) is 0 Å². The summed E-state index contributed by atoms with van der Waals surface area (Å²) in [4.78, 5) is 25.3. The highest BCUT2D eigenvalue weighted by Gasteiger charge is 2.14. The molecule has 0 radical (unpaired) electrons. The van der Waals surface area contributed by atoms with Gasteiger partial charge >= 0.3 is 0 Å². The molecule has 0 fully saturated rings. The van der Waals surface area contributed by atoms with Crippen LogP contribution in [0.2, 0.25) is 0 Å². The Labute approximate surface area is 143 Å². The zero-order valence-corrected chi connectivity index (χ0v) is 13.9. The van der Waals surface area contributed by atoms with E-state index in [4.69, 9.17) is 0 Å². The van der Waals surface area contributed by atoms with Gasteiger partial charge in [-0.1, -0.05) is 30.3 Å². The van der Waals surface area contributed by atoms with Gasteiger partial charge in [0.2, 0.25) is 0 Å². The first-order valence-corrected chi connectivity index (χ1v) is 8.60. The van der Waals surface area contributed by atoms with Crippen molar-refractivity contribution in [3.63, 3.8) is 0 Å². The number of nitrogens with zero attached hydrogens (tertiary/aromatic N) is 2. The summed E-state index contributed by atoms with van der Waals surface area (Å²) in [6.45, 7) is 2.05. The molecule has 24 heavy (non-hydrogen) atoms. The molecule has 1 unspecified atom stereocenters. The van der Waals surface area contributed by atoms with E-state index in [1.54, 1.807) is 17.8 Å². The molecular weight excluding hydrogens is 318 g/mol. The first-order chi connectivity index (χ1) is 11.7. The molecule has 2 aromatic carbocycles. The van der Waals surface area contributed by atoms with E-state index < -0.39 is 0 Å². The molecule has 118 valence electrons. The third-order valence-electron chi connectivity index (χ3n) is 3.93. The van der Waals surface area contributed by atoms with E-state index in [-0.39, 0.29) is 10.8 Å². The molecule has 5 heteroatoms. The Kier molecular flexibility index (Phi) is 3.78. The largest absolute Gasteiger partial charge is 0.309 e. The fourth-order valence-electron chi connectivity index (χ4n) is 2.72. The molecule has 4 aromatic rings. The van der Waals surface area contributed by atoms with Gasteiger partial charge in [0.05, 0.1) is 21.7 Å². The van der Waals surface area contributed by atoms with Gasteiger partial charge in [-0.3, -0.25) is 9.78 Å². The second kappa shape index (κ2) is 6.09. The number of thioether (sulfide) groups is 1. The van der Waals surface area contributed by atoms with Gasteiger partial charge in [0.25, 0.3) is 5.56 Å². The Morgan fingerprint density at radius 3 is 2.50 bits per heavy atom. The average Bonchev–Trinajstić information content (AvgIpc) is 2.62. The van der Waals surface area contributed by atoms with Crippen LogP contribution < -0.4 is 5.56 Å². The minimum Gasteiger partial charge on any atom is -0.309 e. The Bertz CT molecular complexity index is 1090. The van der Waals surface area contributed by atoms with Crippen LogP contribution in [0.15, 0.2) is 70.5 Å². The number of para-hydroxylation sites is 2. The minimum atomic E-state index is -0.0948. The van der Waals surface area contributed by atoms with Gasteiger partial charge in [-0.05, 0) is 31.2 Å².